The Morgan fingerprint density at radius 2 is 2.14 bits per heavy atom. The maximum Gasteiger partial charge on any atom is 0.134 e. The van der Waals surface area contributed by atoms with E-state index in [1.807, 2.05) is 6.92 Å². The first-order valence-electron chi connectivity index (χ1n) is 7.77. The summed E-state index contributed by atoms with van der Waals surface area (Å²) in [5, 5.41) is 3.99. The van der Waals surface area contributed by atoms with Gasteiger partial charge in [0.05, 0.1) is 6.61 Å². The Morgan fingerprint density at radius 3 is 2.81 bits per heavy atom. The van der Waals surface area contributed by atoms with Crippen molar-refractivity contribution in [2.24, 2.45) is 5.92 Å². The molecular weight excluding hydrogens is 288 g/mol. The van der Waals surface area contributed by atoms with Crippen molar-refractivity contribution in [1.29, 1.82) is 0 Å². The van der Waals surface area contributed by atoms with Gasteiger partial charge in [-0.2, -0.15) is 0 Å². The number of rotatable bonds is 4. The van der Waals surface area contributed by atoms with E-state index in [-0.39, 0.29) is 0 Å². The quantitative estimate of drug-likeness (QED) is 0.865. The molecule has 1 N–H and O–H groups in total. The molecule has 2 aliphatic heterocycles. The Balaban J connectivity index is 1.46. The molecule has 0 radical (unpaired) electrons. The monoisotopic (exact) mass is 310 g/mol. The van der Waals surface area contributed by atoms with Crippen LogP contribution in [0, 0.1) is 12.8 Å². The Labute approximate surface area is 131 Å². The van der Waals surface area contributed by atoms with Gasteiger partial charge in [-0.1, -0.05) is 11.6 Å². The van der Waals surface area contributed by atoms with Crippen LogP contribution in [0.25, 0.3) is 0 Å². The van der Waals surface area contributed by atoms with Crippen molar-refractivity contribution < 1.29 is 4.74 Å². The summed E-state index contributed by atoms with van der Waals surface area (Å²) in [6.45, 7) is 7.22. The first kappa shape index (κ1) is 15.0. The van der Waals surface area contributed by atoms with Gasteiger partial charge in [-0.05, 0) is 32.1 Å². The van der Waals surface area contributed by atoms with Crippen molar-refractivity contribution in [1.82, 2.24) is 14.9 Å². The van der Waals surface area contributed by atoms with Crippen LogP contribution >= 0.6 is 11.6 Å². The molecule has 0 aromatic carbocycles. The number of nitrogens with zero attached hydrogens (tertiary/aromatic N) is 3. The zero-order chi connectivity index (χ0) is 14.7. The molecule has 1 unspecified atom stereocenters. The molecule has 1 aromatic heterocycles. The van der Waals surface area contributed by atoms with Crippen LogP contribution in [0.2, 0.25) is 5.15 Å². The summed E-state index contributed by atoms with van der Waals surface area (Å²) in [5.41, 5.74) is 0. The van der Waals surface area contributed by atoms with Gasteiger partial charge in [-0.15, -0.1) is 0 Å². The maximum atomic E-state index is 5.97. The molecule has 0 aliphatic carbocycles. The summed E-state index contributed by atoms with van der Waals surface area (Å²) in [4.78, 5) is 11.0. The minimum atomic E-state index is 0.478. The van der Waals surface area contributed by atoms with Crippen molar-refractivity contribution >= 4 is 17.4 Å². The van der Waals surface area contributed by atoms with Gasteiger partial charge in [0, 0.05) is 38.3 Å². The number of aryl methyl sites for hydroxylation is 1. The van der Waals surface area contributed by atoms with E-state index in [1.54, 1.807) is 6.07 Å². The summed E-state index contributed by atoms with van der Waals surface area (Å²) < 4.78 is 5.46. The Bertz CT molecular complexity index is 450. The highest BCUT2D eigenvalue weighted by Gasteiger charge is 2.24. The van der Waals surface area contributed by atoms with Crippen molar-refractivity contribution in [3.8, 4) is 0 Å². The zero-order valence-corrected chi connectivity index (χ0v) is 13.3. The van der Waals surface area contributed by atoms with E-state index >= 15 is 0 Å². The molecule has 1 aromatic rings. The molecule has 3 rings (SSSR count). The summed E-state index contributed by atoms with van der Waals surface area (Å²) in [6.07, 6.45) is 3.51. The van der Waals surface area contributed by atoms with Crippen molar-refractivity contribution in [3.05, 3.63) is 17.0 Å². The molecule has 2 fully saturated rings. The minimum absolute atomic E-state index is 0.478. The molecule has 5 nitrogen and oxygen atoms in total. The van der Waals surface area contributed by atoms with Crippen LogP contribution in [0.3, 0.4) is 0 Å². The first-order chi connectivity index (χ1) is 10.2. The van der Waals surface area contributed by atoms with Crippen molar-refractivity contribution in [2.75, 3.05) is 38.2 Å². The largest absolute Gasteiger partial charge is 0.381 e. The highest BCUT2D eigenvalue weighted by Crippen LogP contribution is 2.20. The standard InChI is InChI=1S/C15H23ClN4O/c1-11-17-14(16)8-15(18-11)19-13-2-5-20(6-3-13)9-12-4-7-21-10-12/h8,12-13H,2-7,9-10H2,1H3,(H,17,18,19). The number of hydrogen-bond donors (Lipinski definition) is 1. The second-order valence-corrected chi connectivity index (χ2v) is 6.46. The van der Waals surface area contributed by atoms with Crippen LogP contribution in [0.1, 0.15) is 25.1 Å². The van der Waals surface area contributed by atoms with E-state index in [1.165, 1.54) is 13.0 Å². The predicted molar refractivity (Wildman–Crippen MR) is 83.8 cm³/mol. The normalized spacial score (nSPS) is 24.4. The number of nitrogens with one attached hydrogen (secondary N) is 1. The first-order valence-corrected chi connectivity index (χ1v) is 8.14. The third kappa shape index (κ3) is 4.28. The lowest BCUT2D eigenvalue weighted by molar-refractivity contribution is 0.154. The number of likely N-dealkylation sites (tertiary alicyclic amines) is 1. The molecule has 6 heteroatoms. The number of aromatic nitrogens is 2. The van der Waals surface area contributed by atoms with Gasteiger partial charge in [0.25, 0.3) is 0 Å². The summed E-state index contributed by atoms with van der Waals surface area (Å²) in [5.74, 6) is 2.29. The summed E-state index contributed by atoms with van der Waals surface area (Å²) >= 11 is 5.97. The van der Waals surface area contributed by atoms with Gasteiger partial charge >= 0.3 is 0 Å². The highest BCUT2D eigenvalue weighted by molar-refractivity contribution is 6.29. The average Bonchev–Trinajstić information content (AvgIpc) is 2.93. The molecule has 3 heterocycles. The zero-order valence-electron chi connectivity index (χ0n) is 12.5. The van der Waals surface area contributed by atoms with Gasteiger partial charge in [-0.3, -0.25) is 0 Å². The molecule has 0 bridgehead atoms. The van der Waals surface area contributed by atoms with E-state index in [0.717, 1.165) is 50.9 Å². The van der Waals surface area contributed by atoms with E-state index in [2.05, 4.69) is 20.2 Å². The number of ether oxygens (including phenoxy) is 1. The average molecular weight is 311 g/mol. The van der Waals surface area contributed by atoms with Crippen LogP contribution in [0.15, 0.2) is 6.07 Å². The minimum Gasteiger partial charge on any atom is -0.381 e. The van der Waals surface area contributed by atoms with Crippen LogP contribution in [-0.4, -0.2) is 53.8 Å². The SMILES string of the molecule is Cc1nc(Cl)cc(NC2CCN(CC3CCOC3)CC2)n1. The number of anilines is 1. The van der Waals surface area contributed by atoms with Crippen LogP contribution < -0.4 is 5.32 Å². The van der Waals surface area contributed by atoms with Crippen LogP contribution in [0.5, 0.6) is 0 Å². The smallest absolute Gasteiger partial charge is 0.134 e. The number of piperidine rings is 1. The van der Waals surface area contributed by atoms with Crippen LogP contribution in [-0.2, 0) is 4.74 Å². The lowest BCUT2D eigenvalue weighted by atomic mass is 10.0. The molecule has 21 heavy (non-hydrogen) atoms. The van der Waals surface area contributed by atoms with E-state index in [0.29, 0.717) is 17.0 Å². The third-order valence-corrected chi connectivity index (χ3v) is 4.48. The van der Waals surface area contributed by atoms with Gasteiger partial charge in [-0.25, -0.2) is 9.97 Å². The van der Waals surface area contributed by atoms with E-state index in [9.17, 15) is 0 Å². The van der Waals surface area contributed by atoms with E-state index < -0.39 is 0 Å². The number of halogens is 1. The van der Waals surface area contributed by atoms with Crippen molar-refractivity contribution in [3.63, 3.8) is 0 Å². The van der Waals surface area contributed by atoms with Gasteiger partial charge in [0.1, 0.15) is 16.8 Å². The summed E-state index contributed by atoms with van der Waals surface area (Å²) in [6, 6.07) is 2.28. The Morgan fingerprint density at radius 1 is 1.33 bits per heavy atom. The van der Waals surface area contributed by atoms with Crippen LogP contribution in [0.4, 0.5) is 5.82 Å². The third-order valence-electron chi connectivity index (χ3n) is 4.29. The van der Waals surface area contributed by atoms with Gasteiger partial charge < -0.3 is 15.0 Å². The predicted octanol–water partition coefficient (Wildman–Crippen LogP) is 2.35. The second-order valence-electron chi connectivity index (χ2n) is 6.07. The Hall–Kier alpha value is -0.910. The topological polar surface area (TPSA) is 50.3 Å². The van der Waals surface area contributed by atoms with Gasteiger partial charge in [0.2, 0.25) is 0 Å². The molecule has 0 amide bonds. The second kappa shape index (κ2) is 6.90. The number of hydrogen-bond acceptors (Lipinski definition) is 5. The van der Waals surface area contributed by atoms with Gasteiger partial charge in [0.15, 0.2) is 0 Å². The molecule has 2 aliphatic rings. The fraction of sp³-hybridized carbons (Fsp3) is 0.733. The molecule has 0 saturated carbocycles. The summed E-state index contributed by atoms with van der Waals surface area (Å²) in [7, 11) is 0. The molecule has 1 atom stereocenters. The lowest BCUT2D eigenvalue weighted by Gasteiger charge is -2.33. The molecule has 2 saturated heterocycles. The fourth-order valence-corrected chi connectivity index (χ4v) is 3.39. The molecule has 116 valence electrons. The fourth-order valence-electron chi connectivity index (χ4n) is 3.17. The lowest BCUT2D eigenvalue weighted by Crippen LogP contribution is -2.41. The highest BCUT2D eigenvalue weighted by atomic mass is 35.5. The maximum absolute atomic E-state index is 5.97. The molecular formula is C15H23ClN4O. The molecule has 0 spiro atoms. The Kier molecular flexibility index (Phi) is 4.93. The van der Waals surface area contributed by atoms with E-state index in [4.69, 9.17) is 16.3 Å². The van der Waals surface area contributed by atoms with Crippen molar-refractivity contribution in [2.45, 2.75) is 32.2 Å².